The van der Waals surface area contributed by atoms with Crippen LogP contribution in [0.3, 0.4) is 0 Å². The molecule has 0 spiro atoms. The summed E-state index contributed by atoms with van der Waals surface area (Å²) >= 11 is 0. The van der Waals surface area contributed by atoms with Crippen molar-refractivity contribution >= 4 is 16.7 Å². The predicted molar refractivity (Wildman–Crippen MR) is 82.9 cm³/mol. The Hall–Kier alpha value is -2.94. The average Bonchev–Trinajstić information content (AvgIpc) is 2.54. The second kappa shape index (κ2) is 5.45. The summed E-state index contributed by atoms with van der Waals surface area (Å²) in [5.74, 6) is 0. The Balaban J connectivity index is 2.50. The van der Waals surface area contributed by atoms with Crippen LogP contribution < -0.4 is 11.1 Å². The van der Waals surface area contributed by atoms with E-state index < -0.39 is 5.56 Å². The Kier molecular flexibility index (Phi) is 3.47. The maximum atomic E-state index is 12.6. The number of rotatable bonds is 3. The van der Waals surface area contributed by atoms with Crippen LogP contribution in [0.25, 0.3) is 16.7 Å². The summed E-state index contributed by atoms with van der Waals surface area (Å²) in [5, 5.41) is 9.43. The molecule has 0 atom stereocenters. The molecule has 0 aromatic carbocycles. The topological polar surface area (TPSA) is 80.2 Å². The molecule has 6 heteroatoms. The first-order valence-corrected chi connectivity index (χ1v) is 7.12. The molecule has 3 aromatic heterocycles. The molecule has 0 saturated carbocycles. The first-order chi connectivity index (χ1) is 10.7. The molecule has 0 fully saturated rings. The number of nitrogens with zero attached hydrogens (tertiary/aromatic N) is 4. The average molecular weight is 294 g/mol. The fourth-order valence-electron chi connectivity index (χ4n) is 2.47. The number of hydrogen-bond acceptors (Lipinski definition) is 4. The second-order valence-electron chi connectivity index (χ2n) is 5.06. The van der Waals surface area contributed by atoms with Gasteiger partial charge in [0.25, 0.3) is 11.1 Å². The highest BCUT2D eigenvalue weighted by Crippen LogP contribution is 2.10. The summed E-state index contributed by atoms with van der Waals surface area (Å²) in [7, 11) is 0. The Morgan fingerprint density at radius 2 is 2.09 bits per heavy atom. The van der Waals surface area contributed by atoms with Gasteiger partial charge < -0.3 is 0 Å². The molecule has 3 heterocycles. The molecule has 3 rings (SSSR count). The van der Waals surface area contributed by atoms with E-state index >= 15 is 0 Å². The minimum Gasteiger partial charge on any atom is -0.291 e. The first-order valence-electron chi connectivity index (χ1n) is 7.12. The summed E-state index contributed by atoms with van der Waals surface area (Å²) in [4.78, 5) is 29.4. The third-order valence-electron chi connectivity index (χ3n) is 3.62. The number of pyridine rings is 2. The maximum Gasteiger partial charge on any atom is 0.270 e. The van der Waals surface area contributed by atoms with Crippen molar-refractivity contribution in [3.63, 3.8) is 0 Å². The van der Waals surface area contributed by atoms with Gasteiger partial charge >= 0.3 is 0 Å². The molecule has 22 heavy (non-hydrogen) atoms. The van der Waals surface area contributed by atoms with Crippen molar-refractivity contribution in [1.82, 2.24) is 14.0 Å². The molecule has 6 nitrogen and oxygen atoms in total. The summed E-state index contributed by atoms with van der Waals surface area (Å²) in [6.07, 6.45) is 3.30. The van der Waals surface area contributed by atoms with Crippen LogP contribution in [0, 0.1) is 11.3 Å². The maximum absolute atomic E-state index is 12.6. The van der Waals surface area contributed by atoms with Crippen LogP contribution in [0.2, 0.25) is 0 Å². The standard InChI is InChI=1S/C16H14N4O2/c1-2-3-7-20-14-12(9-11(10-17)15(20)21)16(22)19-8-5-4-6-13(19)18-14/h4-6,8-9H,2-3,7H2,1H3. The zero-order valence-electron chi connectivity index (χ0n) is 12.1. The van der Waals surface area contributed by atoms with Crippen LogP contribution in [0.1, 0.15) is 25.3 Å². The van der Waals surface area contributed by atoms with Crippen molar-refractivity contribution in [3.05, 3.63) is 56.7 Å². The zero-order valence-corrected chi connectivity index (χ0v) is 12.1. The first kappa shape index (κ1) is 14.0. The quantitative estimate of drug-likeness (QED) is 0.688. The third kappa shape index (κ3) is 2.07. The molecule has 0 aliphatic rings. The van der Waals surface area contributed by atoms with Crippen molar-refractivity contribution < 1.29 is 0 Å². The van der Waals surface area contributed by atoms with Crippen molar-refractivity contribution in [1.29, 1.82) is 5.26 Å². The van der Waals surface area contributed by atoms with Gasteiger partial charge in [-0.05, 0) is 24.6 Å². The Morgan fingerprint density at radius 3 is 2.82 bits per heavy atom. The van der Waals surface area contributed by atoms with Gasteiger partial charge in [0, 0.05) is 12.7 Å². The van der Waals surface area contributed by atoms with Gasteiger partial charge in [0.2, 0.25) is 0 Å². The summed E-state index contributed by atoms with van der Waals surface area (Å²) in [6.45, 7) is 2.45. The summed E-state index contributed by atoms with van der Waals surface area (Å²) in [5.41, 5.74) is 0.124. The van der Waals surface area contributed by atoms with E-state index in [1.54, 1.807) is 24.4 Å². The molecule has 0 bridgehead atoms. The van der Waals surface area contributed by atoms with Crippen molar-refractivity contribution in [2.24, 2.45) is 0 Å². The van der Waals surface area contributed by atoms with Crippen LogP contribution in [0.5, 0.6) is 0 Å². The van der Waals surface area contributed by atoms with E-state index in [-0.39, 0.29) is 16.5 Å². The van der Waals surface area contributed by atoms with E-state index in [1.165, 1.54) is 15.0 Å². The zero-order chi connectivity index (χ0) is 15.7. The van der Waals surface area contributed by atoms with E-state index in [0.29, 0.717) is 17.8 Å². The highest BCUT2D eigenvalue weighted by atomic mass is 16.1. The SMILES string of the molecule is CCCCn1c(=O)c(C#N)cc2c(=O)n3ccccc3nc21. The molecule has 0 saturated heterocycles. The van der Waals surface area contributed by atoms with Gasteiger partial charge in [-0.25, -0.2) is 4.98 Å². The number of fused-ring (bicyclic) bond motifs is 2. The molecular weight excluding hydrogens is 280 g/mol. The van der Waals surface area contributed by atoms with Crippen LogP contribution in [0.15, 0.2) is 40.1 Å². The highest BCUT2D eigenvalue weighted by Gasteiger charge is 2.14. The van der Waals surface area contributed by atoms with Gasteiger partial charge in [-0.2, -0.15) is 5.26 Å². The van der Waals surface area contributed by atoms with Gasteiger partial charge in [0.1, 0.15) is 17.3 Å². The van der Waals surface area contributed by atoms with E-state index in [0.717, 1.165) is 12.8 Å². The number of nitriles is 1. The van der Waals surface area contributed by atoms with Crippen LogP contribution in [-0.2, 0) is 6.54 Å². The summed E-state index contributed by atoms with van der Waals surface area (Å²) < 4.78 is 2.85. The molecule has 0 unspecified atom stereocenters. The second-order valence-corrected chi connectivity index (χ2v) is 5.06. The molecule has 0 aliphatic carbocycles. The Bertz CT molecular complexity index is 1020. The Labute approximate surface area is 125 Å². The minimum atomic E-state index is -0.393. The lowest BCUT2D eigenvalue weighted by molar-refractivity contribution is 0.626. The van der Waals surface area contributed by atoms with Gasteiger partial charge in [-0.3, -0.25) is 18.6 Å². The lowest BCUT2D eigenvalue weighted by Crippen LogP contribution is -2.27. The van der Waals surface area contributed by atoms with Crippen LogP contribution >= 0.6 is 0 Å². The van der Waals surface area contributed by atoms with Crippen molar-refractivity contribution in [3.8, 4) is 6.07 Å². The van der Waals surface area contributed by atoms with E-state index in [1.807, 2.05) is 13.0 Å². The number of unbranched alkanes of at least 4 members (excludes halogenated alkanes) is 1. The number of aryl methyl sites for hydroxylation is 1. The molecule has 0 N–H and O–H groups in total. The van der Waals surface area contributed by atoms with Gasteiger partial charge in [-0.15, -0.1) is 0 Å². The van der Waals surface area contributed by atoms with Gasteiger partial charge in [-0.1, -0.05) is 19.4 Å². The normalized spacial score (nSPS) is 10.9. The van der Waals surface area contributed by atoms with E-state index in [9.17, 15) is 9.59 Å². The van der Waals surface area contributed by atoms with Crippen LogP contribution in [0.4, 0.5) is 0 Å². The molecule has 110 valence electrons. The number of hydrogen-bond donors (Lipinski definition) is 0. The summed E-state index contributed by atoms with van der Waals surface area (Å²) in [6, 6.07) is 8.45. The van der Waals surface area contributed by atoms with Crippen LogP contribution in [-0.4, -0.2) is 14.0 Å². The predicted octanol–water partition coefficient (Wildman–Crippen LogP) is 1.68. The van der Waals surface area contributed by atoms with E-state index in [4.69, 9.17) is 5.26 Å². The smallest absolute Gasteiger partial charge is 0.270 e. The van der Waals surface area contributed by atoms with Gasteiger partial charge in [0.15, 0.2) is 5.65 Å². The van der Waals surface area contributed by atoms with E-state index in [2.05, 4.69) is 4.98 Å². The molecule has 0 aliphatic heterocycles. The monoisotopic (exact) mass is 294 g/mol. The fraction of sp³-hybridized carbons (Fsp3) is 0.250. The van der Waals surface area contributed by atoms with Gasteiger partial charge in [0.05, 0.1) is 5.39 Å². The third-order valence-corrected chi connectivity index (χ3v) is 3.62. The molecule has 3 aromatic rings. The lowest BCUT2D eigenvalue weighted by atomic mass is 10.2. The fourth-order valence-corrected chi connectivity index (χ4v) is 2.47. The Morgan fingerprint density at radius 1 is 1.27 bits per heavy atom. The molecule has 0 radical (unpaired) electrons. The highest BCUT2D eigenvalue weighted by molar-refractivity contribution is 5.77. The van der Waals surface area contributed by atoms with Crippen molar-refractivity contribution in [2.45, 2.75) is 26.3 Å². The number of aromatic nitrogens is 3. The molecular formula is C16H14N4O2. The van der Waals surface area contributed by atoms with Crippen molar-refractivity contribution in [2.75, 3.05) is 0 Å². The largest absolute Gasteiger partial charge is 0.291 e. The lowest BCUT2D eigenvalue weighted by Gasteiger charge is -2.10. The minimum absolute atomic E-state index is 0.0293. The molecule has 0 amide bonds.